The van der Waals surface area contributed by atoms with Gasteiger partial charge in [-0.3, -0.25) is 0 Å². The minimum atomic E-state index is -0.624. The van der Waals surface area contributed by atoms with Crippen molar-refractivity contribution in [3.8, 4) is 5.75 Å². The second-order valence-electron chi connectivity index (χ2n) is 6.29. The van der Waals surface area contributed by atoms with Crippen molar-refractivity contribution in [1.29, 1.82) is 0 Å². The number of ether oxygens (including phenoxy) is 2. The minimum Gasteiger partial charge on any atom is -0.497 e. The molecule has 4 heteroatoms. The second-order valence-corrected chi connectivity index (χ2v) is 7.46. The third-order valence-corrected chi connectivity index (χ3v) is 5.86. The van der Waals surface area contributed by atoms with E-state index in [4.69, 9.17) is 9.47 Å². The first kappa shape index (κ1) is 18.8. The maximum Gasteiger partial charge on any atom is 0.133 e. The molecule has 3 rings (SSSR count). The van der Waals surface area contributed by atoms with Crippen molar-refractivity contribution < 1.29 is 14.6 Å². The zero-order valence-electron chi connectivity index (χ0n) is 15.3. The van der Waals surface area contributed by atoms with E-state index in [0.717, 1.165) is 27.0 Å². The molecule has 3 aromatic carbocycles. The Morgan fingerprint density at radius 1 is 0.885 bits per heavy atom. The fourth-order valence-electron chi connectivity index (χ4n) is 2.98. The summed E-state index contributed by atoms with van der Waals surface area (Å²) in [6.45, 7) is 2.03. The van der Waals surface area contributed by atoms with Crippen LogP contribution in [-0.4, -0.2) is 30.9 Å². The lowest BCUT2D eigenvalue weighted by molar-refractivity contribution is 0.0286. The van der Waals surface area contributed by atoms with E-state index in [9.17, 15) is 5.11 Å². The molecule has 3 nitrogen and oxygen atoms in total. The van der Waals surface area contributed by atoms with Gasteiger partial charge in [0.2, 0.25) is 0 Å². The largest absolute Gasteiger partial charge is 0.497 e. The van der Waals surface area contributed by atoms with Crippen molar-refractivity contribution in [3.05, 3.63) is 72.3 Å². The van der Waals surface area contributed by atoms with E-state index >= 15 is 0 Å². The lowest BCUT2D eigenvalue weighted by atomic mass is 9.93. The Morgan fingerprint density at radius 3 is 2.27 bits per heavy atom. The molecule has 136 valence electrons. The average Bonchev–Trinajstić information content (AvgIpc) is 2.70. The van der Waals surface area contributed by atoms with Crippen molar-refractivity contribution in [2.75, 3.05) is 14.2 Å². The summed E-state index contributed by atoms with van der Waals surface area (Å²) in [6, 6.07) is 22.3. The SMILES string of the molecule is COc1ccc2cc([C@H](C)[C@H](O)[C@H](OC)Sc3ccccc3)ccc2c1. The molecule has 0 unspecified atom stereocenters. The number of hydrogen-bond acceptors (Lipinski definition) is 4. The highest BCUT2D eigenvalue weighted by Crippen LogP contribution is 2.33. The molecule has 0 aromatic heterocycles. The van der Waals surface area contributed by atoms with Gasteiger partial charge in [-0.25, -0.2) is 0 Å². The van der Waals surface area contributed by atoms with Crippen LogP contribution in [0.3, 0.4) is 0 Å². The number of aliphatic hydroxyl groups is 1. The van der Waals surface area contributed by atoms with Crippen LogP contribution in [0.2, 0.25) is 0 Å². The van der Waals surface area contributed by atoms with E-state index < -0.39 is 6.10 Å². The lowest BCUT2D eigenvalue weighted by Gasteiger charge is -2.26. The summed E-state index contributed by atoms with van der Waals surface area (Å²) in [7, 11) is 3.31. The summed E-state index contributed by atoms with van der Waals surface area (Å²) in [5, 5.41) is 13.1. The number of benzene rings is 3. The maximum absolute atomic E-state index is 10.9. The number of thioether (sulfide) groups is 1. The molecule has 0 aliphatic carbocycles. The van der Waals surface area contributed by atoms with Gasteiger partial charge in [0.1, 0.15) is 11.2 Å². The Balaban J connectivity index is 1.80. The fourth-order valence-corrected chi connectivity index (χ4v) is 4.03. The molecule has 0 aliphatic heterocycles. The van der Waals surface area contributed by atoms with Crippen molar-refractivity contribution >= 4 is 22.5 Å². The standard InChI is InChI=1S/C22H24O3S/c1-15(21(23)22(25-3)26-20-7-5-4-6-8-20)16-9-10-18-14-19(24-2)12-11-17(18)13-16/h4-15,21-23H,1-3H3/t15-,21-,22+/m0/s1. The van der Waals surface area contributed by atoms with E-state index in [-0.39, 0.29) is 11.4 Å². The number of rotatable bonds is 7. The Labute approximate surface area is 159 Å². The van der Waals surface area contributed by atoms with Gasteiger partial charge in [-0.15, -0.1) is 0 Å². The van der Waals surface area contributed by atoms with Crippen LogP contribution in [0, 0.1) is 0 Å². The molecule has 0 spiro atoms. The van der Waals surface area contributed by atoms with Crippen molar-refractivity contribution in [3.63, 3.8) is 0 Å². The van der Waals surface area contributed by atoms with E-state index in [1.807, 2.05) is 55.5 Å². The van der Waals surface area contributed by atoms with Crippen LogP contribution in [-0.2, 0) is 4.74 Å². The number of fused-ring (bicyclic) bond motifs is 1. The number of aliphatic hydroxyl groups excluding tert-OH is 1. The van der Waals surface area contributed by atoms with Crippen LogP contribution in [0.15, 0.2) is 71.6 Å². The van der Waals surface area contributed by atoms with Crippen molar-refractivity contribution in [2.24, 2.45) is 0 Å². The van der Waals surface area contributed by atoms with E-state index in [1.54, 1.807) is 14.2 Å². The third-order valence-electron chi connectivity index (χ3n) is 4.62. The first-order chi connectivity index (χ1) is 12.6. The molecular weight excluding hydrogens is 344 g/mol. The van der Waals surface area contributed by atoms with E-state index in [0.29, 0.717) is 0 Å². The first-order valence-corrected chi connectivity index (χ1v) is 9.50. The summed E-state index contributed by atoms with van der Waals surface area (Å²) in [4.78, 5) is 1.08. The zero-order valence-corrected chi connectivity index (χ0v) is 16.1. The molecular formula is C22H24O3S. The summed E-state index contributed by atoms with van der Waals surface area (Å²) < 4.78 is 10.9. The van der Waals surface area contributed by atoms with E-state index in [1.165, 1.54) is 11.8 Å². The highest BCUT2D eigenvalue weighted by Gasteiger charge is 2.27. The first-order valence-electron chi connectivity index (χ1n) is 8.62. The molecule has 1 N–H and O–H groups in total. The highest BCUT2D eigenvalue weighted by atomic mass is 32.2. The molecule has 26 heavy (non-hydrogen) atoms. The Hall–Kier alpha value is -2.01. The van der Waals surface area contributed by atoms with Crippen LogP contribution in [0.5, 0.6) is 5.75 Å². The molecule has 0 saturated heterocycles. The molecule has 0 amide bonds. The molecule has 0 fully saturated rings. The van der Waals surface area contributed by atoms with Crippen LogP contribution in [0.25, 0.3) is 10.8 Å². The second kappa shape index (κ2) is 8.58. The molecule has 3 aromatic rings. The fraction of sp³-hybridized carbons (Fsp3) is 0.273. The van der Waals surface area contributed by atoms with Gasteiger partial charge in [0.05, 0.1) is 13.2 Å². The Kier molecular flexibility index (Phi) is 6.20. The van der Waals surface area contributed by atoms with Gasteiger partial charge in [-0.1, -0.05) is 61.2 Å². The van der Waals surface area contributed by atoms with Gasteiger partial charge in [-0.05, 0) is 40.6 Å². The summed E-state index contributed by atoms with van der Waals surface area (Å²) >= 11 is 1.54. The predicted molar refractivity (Wildman–Crippen MR) is 108 cm³/mol. The van der Waals surface area contributed by atoms with E-state index in [2.05, 4.69) is 18.2 Å². The van der Waals surface area contributed by atoms with Crippen LogP contribution in [0.1, 0.15) is 18.4 Å². The highest BCUT2D eigenvalue weighted by molar-refractivity contribution is 7.99. The topological polar surface area (TPSA) is 38.7 Å². The molecule has 0 saturated carbocycles. The van der Waals surface area contributed by atoms with Gasteiger partial charge in [0.15, 0.2) is 0 Å². The summed E-state index contributed by atoms with van der Waals surface area (Å²) in [6.07, 6.45) is -0.624. The van der Waals surface area contributed by atoms with Gasteiger partial charge in [-0.2, -0.15) is 0 Å². The molecule has 0 aliphatic rings. The van der Waals surface area contributed by atoms with Crippen LogP contribution >= 0.6 is 11.8 Å². The third kappa shape index (κ3) is 4.21. The maximum atomic E-state index is 10.9. The predicted octanol–water partition coefficient (Wildman–Crippen LogP) is 5.08. The minimum absolute atomic E-state index is 0.0531. The smallest absolute Gasteiger partial charge is 0.133 e. The van der Waals surface area contributed by atoms with Gasteiger partial charge < -0.3 is 14.6 Å². The molecule has 0 bridgehead atoms. The van der Waals surface area contributed by atoms with Gasteiger partial charge in [0, 0.05) is 17.9 Å². The normalized spacial score (nSPS) is 14.8. The van der Waals surface area contributed by atoms with Crippen LogP contribution < -0.4 is 4.74 Å². The summed E-state index contributed by atoms with van der Waals surface area (Å²) in [5.74, 6) is 0.791. The molecule has 0 radical (unpaired) electrons. The average molecular weight is 368 g/mol. The monoisotopic (exact) mass is 368 g/mol. The van der Waals surface area contributed by atoms with Crippen molar-refractivity contribution in [1.82, 2.24) is 0 Å². The Bertz CT molecular complexity index is 850. The molecule has 0 heterocycles. The zero-order chi connectivity index (χ0) is 18.5. The summed E-state index contributed by atoms with van der Waals surface area (Å²) in [5.41, 5.74) is 0.754. The number of hydrogen-bond donors (Lipinski definition) is 1. The number of methoxy groups -OCH3 is 2. The van der Waals surface area contributed by atoms with Crippen molar-refractivity contribution in [2.45, 2.75) is 29.3 Å². The molecule has 3 atom stereocenters. The Morgan fingerprint density at radius 2 is 1.58 bits per heavy atom. The van der Waals surface area contributed by atoms with Crippen LogP contribution in [0.4, 0.5) is 0 Å². The quantitative estimate of drug-likeness (QED) is 0.466. The van der Waals surface area contributed by atoms with Gasteiger partial charge >= 0.3 is 0 Å². The van der Waals surface area contributed by atoms with Gasteiger partial charge in [0.25, 0.3) is 0 Å². The lowest BCUT2D eigenvalue weighted by Crippen LogP contribution is -2.30.